The molecule has 1 aliphatic rings. The first-order valence-corrected chi connectivity index (χ1v) is 3.84. The molecule has 0 aromatic heterocycles. The molecule has 0 aromatic carbocycles. The van der Waals surface area contributed by atoms with Crippen LogP contribution < -0.4 is 5.32 Å². The quantitative estimate of drug-likeness (QED) is 0.560. The van der Waals surface area contributed by atoms with Gasteiger partial charge in [0.1, 0.15) is 0 Å². The number of hydrogen-bond donors (Lipinski definition) is 1. The van der Waals surface area contributed by atoms with Gasteiger partial charge in [0.25, 0.3) is 0 Å². The Morgan fingerprint density at radius 2 is 1.44 bits per heavy atom. The van der Waals surface area contributed by atoms with Crippen LogP contribution in [0.15, 0.2) is 0 Å². The minimum absolute atomic E-state index is 0.500. The van der Waals surface area contributed by atoms with Crippen molar-refractivity contribution in [2.24, 2.45) is 11.8 Å². The molecule has 0 bridgehead atoms. The Bertz CT molecular complexity index is 91.1. The molecule has 1 nitrogen and oxygen atoms in total. The molecule has 1 fully saturated rings. The van der Waals surface area contributed by atoms with E-state index in [0.29, 0.717) is 5.54 Å². The van der Waals surface area contributed by atoms with Gasteiger partial charge in [0.05, 0.1) is 0 Å². The highest BCUT2D eigenvalue weighted by molar-refractivity contribution is 5.07. The third-order valence-corrected chi connectivity index (χ3v) is 2.65. The zero-order valence-corrected chi connectivity index (χ0v) is 6.86. The lowest BCUT2D eigenvalue weighted by Crippen LogP contribution is -2.29. The highest BCUT2D eigenvalue weighted by Crippen LogP contribution is 2.34. The van der Waals surface area contributed by atoms with Crippen LogP contribution in [-0.4, -0.2) is 12.1 Å². The van der Waals surface area contributed by atoms with Crippen LogP contribution in [0.2, 0.25) is 0 Å². The summed E-state index contributed by atoms with van der Waals surface area (Å²) in [5, 5.41) is 3.45. The maximum atomic E-state index is 3.45. The summed E-state index contributed by atoms with van der Waals surface area (Å²) in [5.41, 5.74) is 0.500. The molecule has 0 unspecified atom stereocenters. The molecule has 0 spiro atoms. The SMILES string of the molecule is CC(C)C1(C(C)C)CN1. The molecule has 0 aliphatic carbocycles. The van der Waals surface area contributed by atoms with Gasteiger partial charge in [-0.1, -0.05) is 27.7 Å². The van der Waals surface area contributed by atoms with E-state index in [2.05, 4.69) is 33.0 Å². The molecule has 1 N–H and O–H groups in total. The minimum atomic E-state index is 0.500. The van der Waals surface area contributed by atoms with E-state index in [0.717, 1.165) is 11.8 Å². The maximum Gasteiger partial charge on any atom is 0.0353 e. The van der Waals surface area contributed by atoms with Gasteiger partial charge in [-0.3, -0.25) is 0 Å². The van der Waals surface area contributed by atoms with Crippen molar-refractivity contribution in [3.05, 3.63) is 0 Å². The van der Waals surface area contributed by atoms with Gasteiger partial charge in [-0.2, -0.15) is 0 Å². The summed E-state index contributed by atoms with van der Waals surface area (Å²) in [6.45, 7) is 10.4. The first-order chi connectivity index (χ1) is 4.09. The second-order valence-electron chi connectivity index (χ2n) is 3.70. The van der Waals surface area contributed by atoms with E-state index in [1.165, 1.54) is 6.54 Å². The molecule has 0 amide bonds. The highest BCUT2D eigenvalue weighted by atomic mass is 15.2. The van der Waals surface area contributed by atoms with Gasteiger partial charge in [0.15, 0.2) is 0 Å². The average molecular weight is 127 g/mol. The molecule has 1 rings (SSSR count). The lowest BCUT2D eigenvalue weighted by molar-refractivity contribution is 0.348. The van der Waals surface area contributed by atoms with Gasteiger partial charge in [0, 0.05) is 12.1 Å². The van der Waals surface area contributed by atoms with Crippen LogP contribution in [0.4, 0.5) is 0 Å². The molecule has 9 heavy (non-hydrogen) atoms. The van der Waals surface area contributed by atoms with Gasteiger partial charge < -0.3 is 5.32 Å². The smallest absolute Gasteiger partial charge is 0.0353 e. The summed E-state index contributed by atoms with van der Waals surface area (Å²) in [4.78, 5) is 0. The molecule has 0 atom stereocenters. The van der Waals surface area contributed by atoms with E-state index in [1.54, 1.807) is 0 Å². The van der Waals surface area contributed by atoms with Crippen LogP contribution in [0.25, 0.3) is 0 Å². The van der Waals surface area contributed by atoms with Crippen molar-refractivity contribution in [3.8, 4) is 0 Å². The largest absolute Gasteiger partial charge is 0.308 e. The fourth-order valence-corrected chi connectivity index (χ4v) is 1.59. The Morgan fingerprint density at radius 1 is 1.11 bits per heavy atom. The zero-order chi connectivity index (χ0) is 7.07. The molecule has 0 saturated carbocycles. The van der Waals surface area contributed by atoms with Crippen LogP contribution in [0.5, 0.6) is 0 Å². The summed E-state index contributed by atoms with van der Waals surface area (Å²) in [7, 11) is 0. The van der Waals surface area contributed by atoms with Crippen LogP contribution in [0, 0.1) is 11.8 Å². The molecule has 1 heterocycles. The molecular formula is C8H17N. The molecule has 0 radical (unpaired) electrons. The maximum absolute atomic E-state index is 3.45. The zero-order valence-electron chi connectivity index (χ0n) is 6.86. The Morgan fingerprint density at radius 3 is 1.44 bits per heavy atom. The fraction of sp³-hybridized carbons (Fsp3) is 1.00. The van der Waals surface area contributed by atoms with E-state index in [1.807, 2.05) is 0 Å². The second-order valence-corrected chi connectivity index (χ2v) is 3.70. The predicted octanol–water partition coefficient (Wildman–Crippen LogP) is 1.64. The Hall–Kier alpha value is -0.0400. The van der Waals surface area contributed by atoms with Crippen molar-refractivity contribution in [2.45, 2.75) is 33.2 Å². The summed E-state index contributed by atoms with van der Waals surface area (Å²) in [5.74, 6) is 1.58. The van der Waals surface area contributed by atoms with E-state index in [-0.39, 0.29) is 0 Å². The molecular weight excluding hydrogens is 110 g/mol. The average Bonchev–Trinajstić information content (AvgIpc) is 2.40. The van der Waals surface area contributed by atoms with Crippen molar-refractivity contribution in [1.82, 2.24) is 5.32 Å². The van der Waals surface area contributed by atoms with Crippen molar-refractivity contribution >= 4 is 0 Å². The summed E-state index contributed by atoms with van der Waals surface area (Å²) >= 11 is 0. The van der Waals surface area contributed by atoms with E-state index in [4.69, 9.17) is 0 Å². The van der Waals surface area contributed by atoms with Crippen LogP contribution in [0.3, 0.4) is 0 Å². The first kappa shape index (κ1) is 7.07. The van der Waals surface area contributed by atoms with Gasteiger partial charge in [-0.05, 0) is 11.8 Å². The third kappa shape index (κ3) is 0.983. The molecule has 1 aliphatic heterocycles. The minimum Gasteiger partial charge on any atom is -0.308 e. The summed E-state index contributed by atoms with van der Waals surface area (Å²) in [6.07, 6.45) is 0. The molecule has 1 heteroatoms. The first-order valence-electron chi connectivity index (χ1n) is 3.84. The molecule has 1 saturated heterocycles. The van der Waals surface area contributed by atoms with Gasteiger partial charge in [-0.25, -0.2) is 0 Å². The number of nitrogens with one attached hydrogen (secondary N) is 1. The van der Waals surface area contributed by atoms with Crippen LogP contribution >= 0.6 is 0 Å². The highest BCUT2D eigenvalue weighted by Gasteiger charge is 2.47. The van der Waals surface area contributed by atoms with Crippen molar-refractivity contribution in [2.75, 3.05) is 6.54 Å². The van der Waals surface area contributed by atoms with Crippen LogP contribution in [-0.2, 0) is 0 Å². The predicted molar refractivity (Wildman–Crippen MR) is 40.4 cm³/mol. The monoisotopic (exact) mass is 127 g/mol. The van der Waals surface area contributed by atoms with E-state index < -0.39 is 0 Å². The van der Waals surface area contributed by atoms with Crippen molar-refractivity contribution < 1.29 is 0 Å². The standard InChI is InChI=1S/C8H17N/c1-6(2)8(5-9-8)7(3)4/h6-7,9H,5H2,1-4H3. The second kappa shape index (κ2) is 1.98. The molecule has 54 valence electrons. The van der Waals surface area contributed by atoms with Crippen molar-refractivity contribution in [3.63, 3.8) is 0 Å². The Balaban J connectivity index is 2.52. The molecule has 0 aromatic rings. The van der Waals surface area contributed by atoms with E-state index >= 15 is 0 Å². The van der Waals surface area contributed by atoms with Crippen LogP contribution in [0.1, 0.15) is 27.7 Å². The van der Waals surface area contributed by atoms with Gasteiger partial charge in [0.2, 0.25) is 0 Å². The summed E-state index contributed by atoms with van der Waals surface area (Å²) in [6, 6.07) is 0. The number of rotatable bonds is 2. The van der Waals surface area contributed by atoms with Crippen molar-refractivity contribution in [1.29, 1.82) is 0 Å². The number of hydrogen-bond acceptors (Lipinski definition) is 1. The fourth-order valence-electron chi connectivity index (χ4n) is 1.59. The third-order valence-electron chi connectivity index (χ3n) is 2.65. The lowest BCUT2D eigenvalue weighted by Gasteiger charge is -2.21. The topological polar surface area (TPSA) is 21.9 Å². The summed E-state index contributed by atoms with van der Waals surface area (Å²) < 4.78 is 0. The van der Waals surface area contributed by atoms with Gasteiger partial charge in [-0.15, -0.1) is 0 Å². The Labute approximate surface area is 57.8 Å². The normalized spacial score (nSPS) is 23.3. The van der Waals surface area contributed by atoms with Gasteiger partial charge >= 0.3 is 0 Å². The van der Waals surface area contributed by atoms with E-state index in [9.17, 15) is 0 Å². The lowest BCUT2D eigenvalue weighted by atomic mass is 9.85. The Kier molecular flexibility index (Phi) is 1.55.